The quantitative estimate of drug-likeness (QED) is 0.912. The minimum atomic E-state index is -0.571. The molecule has 1 aromatic rings. The maximum absolute atomic E-state index is 12.8. The van der Waals surface area contributed by atoms with Crippen LogP contribution in [0.2, 0.25) is 5.02 Å². The summed E-state index contributed by atoms with van der Waals surface area (Å²) >= 11 is 5.77. The van der Waals surface area contributed by atoms with E-state index in [0.717, 1.165) is 12.1 Å². The van der Waals surface area contributed by atoms with E-state index in [1.54, 1.807) is 0 Å². The Morgan fingerprint density at radius 3 is 2.72 bits per heavy atom. The van der Waals surface area contributed by atoms with Gasteiger partial charge in [-0.05, 0) is 30.5 Å². The third kappa shape index (κ3) is 4.01. The van der Waals surface area contributed by atoms with Crippen LogP contribution in [-0.4, -0.2) is 11.9 Å². The Labute approximate surface area is 111 Å². The van der Waals surface area contributed by atoms with Gasteiger partial charge in [-0.2, -0.15) is 5.26 Å². The summed E-state index contributed by atoms with van der Waals surface area (Å²) in [5.74, 6) is -0.679. The molecule has 1 aromatic carbocycles. The highest BCUT2D eigenvalue weighted by Crippen LogP contribution is 2.17. The zero-order valence-corrected chi connectivity index (χ0v) is 11.0. The van der Waals surface area contributed by atoms with Crippen LogP contribution in [-0.2, 0) is 0 Å². The molecular formula is C13H14ClFN2O. The van der Waals surface area contributed by atoms with Gasteiger partial charge < -0.3 is 5.32 Å². The number of benzene rings is 1. The van der Waals surface area contributed by atoms with Gasteiger partial charge in [0.2, 0.25) is 0 Å². The van der Waals surface area contributed by atoms with E-state index < -0.39 is 17.8 Å². The van der Waals surface area contributed by atoms with E-state index in [1.807, 2.05) is 19.9 Å². The van der Waals surface area contributed by atoms with Gasteiger partial charge in [-0.3, -0.25) is 4.79 Å². The molecule has 1 amide bonds. The van der Waals surface area contributed by atoms with Crippen LogP contribution in [0, 0.1) is 23.1 Å². The number of amides is 1. The average Bonchev–Trinajstić information content (AvgIpc) is 2.27. The highest BCUT2D eigenvalue weighted by molar-refractivity contribution is 6.33. The molecule has 0 aliphatic heterocycles. The Kier molecular flexibility index (Phi) is 5.11. The van der Waals surface area contributed by atoms with Crippen molar-refractivity contribution >= 4 is 17.5 Å². The fourth-order valence-electron chi connectivity index (χ4n) is 1.52. The Hall–Kier alpha value is -1.60. The lowest BCUT2D eigenvalue weighted by Crippen LogP contribution is -2.34. The third-order valence-corrected chi connectivity index (χ3v) is 2.66. The fraction of sp³-hybridized carbons (Fsp3) is 0.385. The lowest BCUT2D eigenvalue weighted by Gasteiger charge is -2.14. The molecule has 3 nitrogen and oxygen atoms in total. The van der Waals surface area contributed by atoms with Crippen LogP contribution < -0.4 is 5.32 Å². The molecule has 1 rings (SSSR count). The molecule has 0 bridgehead atoms. The van der Waals surface area contributed by atoms with Crippen molar-refractivity contribution in [3.8, 4) is 6.07 Å². The van der Waals surface area contributed by atoms with Crippen molar-refractivity contribution in [1.82, 2.24) is 5.32 Å². The number of halogens is 2. The number of hydrogen-bond donors (Lipinski definition) is 1. The van der Waals surface area contributed by atoms with Gasteiger partial charge in [0.25, 0.3) is 5.91 Å². The Morgan fingerprint density at radius 2 is 2.22 bits per heavy atom. The monoisotopic (exact) mass is 268 g/mol. The molecule has 0 heterocycles. The summed E-state index contributed by atoms with van der Waals surface area (Å²) in [6.45, 7) is 3.92. The van der Waals surface area contributed by atoms with Gasteiger partial charge in [-0.15, -0.1) is 0 Å². The summed E-state index contributed by atoms with van der Waals surface area (Å²) in [7, 11) is 0. The molecule has 0 radical (unpaired) electrons. The zero-order valence-electron chi connectivity index (χ0n) is 10.2. The first-order valence-electron chi connectivity index (χ1n) is 5.59. The van der Waals surface area contributed by atoms with E-state index in [9.17, 15) is 9.18 Å². The predicted molar refractivity (Wildman–Crippen MR) is 67.7 cm³/mol. The van der Waals surface area contributed by atoms with E-state index in [0.29, 0.717) is 12.3 Å². The molecule has 0 spiro atoms. The number of carbonyl (C=O) groups is 1. The molecule has 5 heteroatoms. The number of carbonyl (C=O) groups excluding carboxylic acids is 1. The molecule has 0 fully saturated rings. The third-order valence-electron chi connectivity index (χ3n) is 2.34. The second-order valence-electron chi connectivity index (χ2n) is 4.41. The molecule has 18 heavy (non-hydrogen) atoms. The highest BCUT2D eigenvalue weighted by Gasteiger charge is 2.16. The van der Waals surface area contributed by atoms with Crippen molar-refractivity contribution in [3.63, 3.8) is 0 Å². The van der Waals surface area contributed by atoms with Crippen molar-refractivity contribution in [2.24, 2.45) is 5.92 Å². The van der Waals surface area contributed by atoms with Crippen LogP contribution in [0.15, 0.2) is 18.2 Å². The molecule has 0 saturated carbocycles. The molecule has 0 aliphatic rings. The van der Waals surface area contributed by atoms with Gasteiger partial charge in [-0.1, -0.05) is 25.4 Å². The lowest BCUT2D eigenvalue weighted by molar-refractivity contribution is 0.0942. The lowest BCUT2D eigenvalue weighted by atomic mass is 10.0. The molecule has 1 N–H and O–H groups in total. The Morgan fingerprint density at radius 1 is 1.56 bits per heavy atom. The topological polar surface area (TPSA) is 52.9 Å². The minimum Gasteiger partial charge on any atom is -0.336 e. The maximum atomic E-state index is 12.8. The number of hydrogen-bond acceptors (Lipinski definition) is 2. The van der Waals surface area contributed by atoms with E-state index in [-0.39, 0.29) is 10.6 Å². The smallest absolute Gasteiger partial charge is 0.253 e. The van der Waals surface area contributed by atoms with Crippen LogP contribution in [0.4, 0.5) is 4.39 Å². The van der Waals surface area contributed by atoms with Crippen LogP contribution in [0.5, 0.6) is 0 Å². The largest absolute Gasteiger partial charge is 0.336 e. The average molecular weight is 269 g/mol. The summed E-state index contributed by atoms with van der Waals surface area (Å²) in [6, 6.07) is 4.97. The van der Waals surface area contributed by atoms with E-state index >= 15 is 0 Å². The molecule has 0 aromatic heterocycles. The highest BCUT2D eigenvalue weighted by atomic mass is 35.5. The minimum absolute atomic E-state index is 0.0359. The Bertz CT molecular complexity index is 482. The molecule has 96 valence electrons. The van der Waals surface area contributed by atoms with E-state index in [2.05, 4.69) is 5.32 Å². The van der Waals surface area contributed by atoms with Gasteiger partial charge in [0.1, 0.15) is 11.9 Å². The second-order valence-corrected chi connectivity index (χ2v) is 4.82. The summed E-state index contributed by atoms with van der Waals surface area (Å²) in [6.07, 6.45) is 0.557. The number of nitrogens with zero attached hydrogens (tertiary/aromatic N) is 1. The van der Waals surface area contributed by atoms with Crippen LogP contribution in [0.1, 0.15) is 30.6 Å². The first-order chi connectivity index (χ1) is 8.43. The summed E-state index contributed by atoms with van der Waals surface area (Å²) in [5.41, 5.74) is 0.169. The van der Waals surface area contributed by atoms with Crippen molar-refractivity contribution < 1.29 is 9.18 Å². The van der Waals surface area contributed by atoms with E-state index in [1.165, 1.54) is 6.07 Å². The molecule has 1 atom stereocenters. The normalized spacial score (nSPS) is 12.0. The van der Waals surface area contributed by atoms with Gasteiger partial charge in [0.05, 0.1) is 16.7 Å². The molecular weight excluding hydrogens is 255 g/mol. The van der Waals surface area contributed by atoms with Crippen LogP contribution in [0.25, 0.3) is 0 Å². The number of rotatable bonds is 4. The molecule has 0 aliphatic carbocycles. The van der Waals surface area contributed by atoms with Crippen LogP contribution in [0.3, 0.4) is 0 Å². The SMILES string of the molecule is CC(C)C[C@H](C#N)NC(=O)c1ccc(F)cc1Cl. The zero-order chi connectivity index (χ0) is 13.7. The van der Waals surface area contributed by atoms with Crippen LogP contribution >= 0.6 is 11.6 Å². The summed E-state index contributed by atoms with van der Waals surface area (Å²) in [4.78, 5) is 11.9. The first kappa shape index (κ1) is 14.5. The van der Waals surface area contributed by atoms with Gasteiger partial charge >= 0.3 is 0 Å². The standard InChI is InChI=1S/C13H14ClFN2O/c1-8(2)5-10(7-16)17-13(18)11-4-3-9(15)6-12(11)14/h3-4,6,8,10H,5H2,1-2H3,(H,17,18)/t10-/m1/s1. The van der Waals surface area contributed by atoms with Gasteiger partial charge in [0, 0.05) is 0 Å². The summed E-state index contributed by atoms with van der Waals surface area (Å²) < 4.78 is 12.8. The number of nitrogens with one attached hydrogen (secondary N) is 1. The van der Waals surface area contributed by atoms with Gasteiger partial charge in [-0.25, -0.2) is 4.39 Å². The maximum Gasteiger partial charge on any atom is 0.253 e. The van der Waals surface area contributed by atoms with Crippen molar-refractivity contribution in [2.45, 2.75) is 26.3 Å². The summed E-state index contributed by atoms with van der Waals surface area (Å²) in [5, 5.41) is 11.5. The number of nitriles is 1. The van der Waals surface area contributed by atoms with Gasteiger partial charge in [0.15, 0.2) is 0 Å². The molecule has 0 unspecified atom stereocenters. The fourth-order valence-corrected chi connectivity index (χ4v) is 1.78. The second kappa shape index (κ2) is 6.36. The molecule has 0 saturated heterocycles. The Balaban J connectivity index is 2.79. The van der Waals surface area contributed by atoms with E-state index in [4.69, 9.17) is 16.9 Å². The van der Waals surface area contributed by atoms with Crippen molar-refractivity contribution in [3.05, 3.63) is 34.6 Å². The van der Waals surface area contributed by atoms with Crippen molar-refractivity contribution in [1.29, 1.82) is 5.26 Å². The van der Waals surface area contributed by atoms with Crippen molar-refractivity contribution in [2.75, 3.05) is 0 Å². The predicted octanol–water partition coefficient (Wildman–Crippen LogP) is 3.15. The first-order valence-corrected chi connectivity index (χ1v) is 5.97.